The van der Waals surface area contributed by atoms with Gasteiger partial charge in [0, 0.05) is 48.8 Å². The molecule has 3 aromatic carbocycles. The molecule has 2 aliphatic heterocycles. The van der Waals surface area contributed by atoms with Gasteiger partial charge in [0.05, 0.1) is 0 Å². The summed E-state index contributed by atoms with van der Waals surface area (Å²) in [7, 11) is 0. The van der Waals surface area contributed by atoms with Crippen LogP contribution in [-0.2, 0) is 18.6 Å². The van der Waals surface area contributed by atoms with Gasteiger partial charge in [0.1, 0.15) is 11.4 Å². The Bertz CT molecular complexity index is 1300. The number of aromatic nitrogens is 1. The number of halogens is 1. The first-order valence-electron chi connectivity index (χ1n) is 12.7. The maximum atomic E-state index is 13.6. The summed E-state index contributed by atoms with van der Waals surface area (Å²) in [6, 6.07) is 25.2. The maximum Gasteiger partial charge on any atom is 0.123 e. The number of rotatable bonds is 6. The number of aromatic amines is 1. The van der Waals surface area contributed by atoms with Gasteiger partial charge in [0.15, 0.2) is 0 Å². The third-order valence-electron chi connectivity index (χ3n) is 7.98. The largest absolute Gasteiger partial charge is 0.380 e. The van der Waals surface area contributed by atoms with Gasteiger partial charge in [-0.25, -0.2) is 4.39 Å². The number of nitrogens with one attached hydrogen (secondary N) is 1. The molecule has 0 saturated carbocycles. The summed E-state index contributed by atoms with van der Waals surface area (Å²) < 4.78 is 13.6. The maximum absolute atomic E-state index is 13.6. The average molecular weight is 470 g/mol. The van der Waals surface area contributed by atoms with Crippen molar-refractivity contribution in [2.24, 2.45) is 0 Å². The van der Waals surface area contributed by atoms with Crippen molar-refractivity contribution >= 4 is 10.9 Å². The van der Waals surface area contributed by atoms with E-state index in [1.165, 1.54) is 34.3 Å². The first-order valence-corrected chi connectivity index (χ1v) is 12.7. The fourth-order valence-corrected chi connectivity index (χ4v) is 6.08. The van der Waals surface area contributed by atoms with Crippen LogP contribution in [0.1, 0.15) is 35.2 Å². The van der Waals surface area contributed by atoms with E-state index in [1.807, 2.05) is 30.3 Å². The van der Waals surface area contributed by atoms with Gasteiger partial charge in [-0.05, 0) is 60.7 Å². The van der Waals surface area contributed by atoms with Crippen molar-refractivity contribution < 1.29 is 9.50 Å². The molecule has 1 aromatic heterocycles. The number of piperazine rings is 1. The molecule has 4 nitrogen and oxygen atoms in total. The number of benzene rings is 3. The summed E-state index contributed by atoms with van der Waals surface area (Å²) in [5.41, 5.74) is 4.59. The van der Waals surface area contributed by atoms with E-state index in [4.69, 9.17) is 0 Å². The second-order valence-corrected chi connectivity index (χ2v) is 10.1. The molecule has 0 aliphatic carbocycles. The fraction of sp³-hybridized carbons (Fsp3) is 0.333. The Hall–Kier alpha value is -2.99. The van der Waals surface area contributed by atoms with Crippen LogP contribution in [0.25, 0.3) is 10.9 Å². The number of H-pyrrole nitrogens is 1. The van der Waals surface area contributed by atoms with Crippen molar-refractivity contribution in [3.8, 4) is 0 Å². The molecule has 1 saturated heterocycles. The Morgan fingerprint density at radius 1 is 0.914 bits per heavy atom. The Kier molecular flexibility index (Phi) is 5.93. The molecule has 0 amide bonds. The lowest BCUT2D eigenvalue weighted by molar-refractivity contribution is 0.0433. The monoisotopic (exact) mass is 469 g/mol. The van der Waals surface area contributed by atoms with Gasteiger partial charge in [-0.1, -0.05) is 60.7 Å². The van der Waals surface area contributed by atoms with Crippen molar-refractivity contribution in [1.82, 2.24) is 14.8 Å². The summed E-state index contributed by atoms with van der Waals surface area (Å²) in [5.74, 6) is -0.284. The minimum Gasteiger partial charge on any atom is -0.380 e. The van der Waals surface area contributed by atoms with Crippen molar-refractivity contribution in [2.75, 3.05) is 26.2 Å². The zero-order valence-corrected chi connectivity index (χ0v) is 20.0. The fourth-order valence-electron chi connectivity index (χ4n) is 6.08. The Morgan fingerprint density at radius 2 is 1.66 bits per heavy atom. The molecule has 35 heavy (non-hydrogen) atoms. The summed E-state index contributed by atoms with van der Waals surface area (Å²) in [4.78, 5) is 8.81. The Balaban J connectivity index is 1.14. The quantitative estimate of drug-likeness (QED) is 0.415. The Labute approximate surface area is 206 Å². The molecule has 5 heteroatoms. The molecular weight excluding hydrogens is 437 g/mol. The number of nitrogens with zero attached hydrogens (tertiary/aromatic N) is 2. The lowest BCUT2D eigenvalue weighted by atomic mass is 9.82. The minimum absolute atomic E-state index is 0.284. The van der Waals surface area contributed by atoms with Crippen LogP contribution >= 0.6 is 0 Å². The molecule has 2 atom stereocenters. The lowest BCUT2D eigenvalue weighted by Crippen LogP contribution is -2.55. The second-order valence-electron chi connectivity index (χ2n) is 10.1. The van der Waals surface area contributed by atoms with E-state index in [-0.39, 0.29) is 5.82 Å². The first kappa shape index (κ1) is 22.5. The second kappa shape index (κ2) is 9.23. The van der Waals surface area contributed by atoms with Gasteiger partial charge in [-0.15, -0.1) is 0 Å². The molecular formula is C30H32FN3O. The molecule has 3 heterocycles. The van der Waals surface area contributed by atoms with Gasteiger partial charge in [-0.2, -0.15) is 0 Å². The van der Waals surface area contributed by atoms with E-state index < -0.39 is 5.60 Å². The predicted molar refractivity (Wildman–Crippen MR) is 138 cm³/mol. The van der Waals surface area contributed by atoms with Crippen LogP contribution in [0.3, 0.4) is 0 Å². The van der Waals surface area contributed by atoms with Gasteiger partial charge < -0.3 is 15.0 Å². The molecule has 2 unspecified atom stereocenters. The van der Waals surface area contributed by atoms with E-state index in [0.717, 1.165) is 56.7 Å². The zero-order valence-electron chi connectivity index (χ0n) is 20.0. The lowest BCUT2D eigenvalue weighted by Gasteiger charge is -2.44. The van der Waals surface area contributed by atoms with Gasteiger partial charge >= 0.3 is 0 Å². The van der Waals surface area contributed by atoms with Crippen molar-refractivity contribution in [2.45, 2.75) is 37.5 Å². The van der Waals surface area contributed by atoms with Crippen molar-refractivity contribution in [1.29, 1.82) is 0 Å². The number of para-hydroxylation sites is 1. The van der Waals surface area contributed by atoms with Crippen LogP contribution in [0.5, 0.6) is 0 Å². The third kappa shape index (κ3) is 4.29. The highest BCUT2D eigenvalue weighted by Crippen LogP contribution is 2.35. The van der Waals surface area contributed by atoms with Crippen LogP contribution < -0.4 is 0 Å². The average Bonchev–Trinajstić information content (AvgIpc) is 3.25. The van der Waals surface area contributed by atoms with Crippen LogP contribution in [-0.4, -0.2) is 52.1 Å². The van der Waals surface area contributed by atoms with Gasteiger partial charge in [0.2, 0.25) is 0 Å². The molecule has 2 aliphatic rings. The molecule has 0 spiro atoms. The number of hydrogen-bond donors (Lipinski definition) is 2. The topological polar surface area (TPSA) is 42.5 Å². The molecule has 6 rings (SSSR count). The predicted octanol–water partition coefficient (Wildman–Crippen LogP) is 5.07. The number of aliphatic hydroxyl groups is 1. The highest BCUT2D eigenvalue weighted by molar-refractivity contribution is 5.84. The van der Waals surface area contributed by atoms with Crippen molar-refractivity contribution in [3.05, 3.63) is 107 Å². The normalized spacial score (nSPS) is 20.3. The first-order chi connectivity index (χ1) is 17.1. The van der Waals surface area contributed by atoms with E-state index in [1.54, 1.807) is 12.1 Å². The SMILES string of the molecule is OC(CCCN1CCN2Cc3[nH]c4ccccc4c3CC2C1)(c1ccccc1)c1ccc(F)cc1. The molecule has 180 valence electrons. The zero-order chi connectivity index (χ0) is 23.8. The smallest absolute Gasteiger partial charge is 0.123 e. The van der Waals surface area contributed by atoms with E-state index in [9.17, 15) is 9.50 Å². The molecule has 2 N–H and O–H groups in total. The third-order valence-corrected chi connectivity index (χ3v) is 7.98. The molecule has 0 radical (unpaired) electrons. The highest BCUT2D eigenvalue weighted by atomic mass is 19.1. The molecule has 1 fully saturated rings. The summed E-state index contributed by atoms with van der Waals surface area (Å²) in [5, 5.41) is 13.2. The minimum atomic E-state index is -1.12. The van der Waals surface area contributed by atoms with E-state index in [2.05, 4.69) is 39.0 Å². The summed E-state index contributed by atoms with van der Waals surface area (Å²) >= 11 is 0. The standard InChI is InChI=1S/C30H32FN3O/c31-24-13-11-23(12-14-24)30(35,22-7-2-1-3-8-22)15-6-16-33-17-18-34-21-29-27(19-25(34)20-33)26-9-4-5-10-28(26)32-29/h1-5,7-14,25,32,35H,6,15-21H2. The van der Waals surface area contributed by atoms with Crippen LogP contribution in [0.4, 0.5) is 4.39 Å². The van der Waals surface area contributed by atoms with E-state index in [0.29, 0.717) is 12.5 Å². The Morgan fingerprint density at radius 3 is 2.49 bits per heavy atom. The van der Waals surface area contributed by atoms with Crippen LogP contribution in [0.15, 0.2) is 78.9 Å². The number of fused-ring (bicyclic) bond motifs is 4. The van der Waals surface area contributed by atoms with E-state index >= 15 is 0 Å². The highest BCUT2D eigenvalue weighted by Gasteiger charge is 2.34. The van der Waals surface area contributed by atoms with Gasteiger partial charge in [0.25, 0.3) is 0 Å². The van der Waals surface area contributed by atoms with Gasteiger partial charge in [-0.3, -0.25) is 4.90 Å². The molecule has 4 aromatic rings. The molecule has 0 bridgehead atoms. The van der Waals surface area contributed by atoms with Crippen LogP contribution in [0.2, 0.25) is 0 Å². The van der Waals surface area contributed by atoms with Crippen molar-refractivity contribution in [3.63, 3.8) is 0 Å². The summed E-state index contributed by atoms with van der Waals surface area (Å²) in [6.07, 6.45) is 2.55. The summed E-state index contributed by atoms with van der Waals surface area (Å²) in [6.45, 7) is 5.12. The number of hydrogen-bond acceptors (Lipinski definition) is 3. The van der Waals surface area contributed by atoms with Crippen LogP contribution in [0, 0.1) is 5.82 Å².